The van der Waals surface area contributed by atoms with Crippen LogP contribution in [0.25, 0.3) is 61.5 Å². The third kappa shape index (κ3) is 60.7. The van der Waals surface area contributed by atoms with Crippen molar-refractivity contribution in [2.75, 3.05) is 0 Å². The second kappa shape index (κ2) is 64.9. The van der Waals surface area contributed by atoms with Crippen molar-refractivity contribution < 1.29 is 183 Å². The molecule has 31 heteroatoms. The van der Waals surface area contributed by atoms with E-state index >= 15 is 0 Å². The van der Waals surface area contributed by atoms with Crippen LogP contribution >= 0.6 is 0 Å². The van der Waals surface area contributed by atoms with Crippen LogP contribution in [0.4, 0.5) is 26.3 Å². The molecule has 10 unspecified atom stereocenters. The van der Waals surface area contributed by atoms with E-state index in [0.29, 0.717) is 24.8 Å². The summed E-state index contributed by atoms with van der Waals surface area (Å²) < 4.78 is 70.2. The smallest absolute Gasteiger partial charge is 0.693 e. The molecule has 0 saturated carbocycles. The number of nitrogens with two attached hydrogens (primary N) is 10. The van der Waals surface area contributed by atoms with Crippen molar-refractivity contribution >= 4 is 0 Å². The van der Waals surface area contributed by atoms with Crippen molar-refractivity contribution in [3.63, 3.8) is 0 Å². The molecule has 0 aliphatic heterocycles. The van der Waals surface area contributed by atoms with Gasteiger partial charge in [-0.25, -0.2) is 0 Å². The Bertz CT molecular complexity index is 1630. The van der Waals surface area contributed by atoms with Crippen LogP contribution in [0.3, 0.4) is 0 Å². The molecule has 0 spiro atoms. The van der Waals surface area contributed by atoms with E-state index in [1.165, 1.54) is 19.1 Å². The third-order valence-corrected chi connectivity index (χ3v) is 8.20. The van der Waals surface area contributed by atoms with Crippen molar-refractivity contribution in [2.45, 2.75) is 133 Å². The molecule has 0 amide bonds. The SMILES string of the molecule is CC(O)CC(C)O.CC(O)CC(O)C(F)(F)F.CC(O)CC(O)c1ccccc1.OC(CC(O)C(F)(F)F)c1ccccc1.OC(CC(O)c1ccccc1)c1ccccc1.[NH2-].[NH2-].[NH2-].[NH2-].[NH2-].[NH2-].[NH2-].[NH2-].[NH2-].[NH2-].[Pt+2].[Pt+2].[Pt+2].[Pt+2].[Pt+2]. The van der Waals surface area contributed by atoms with E-state index in [0.717, 1.165) is 16.7 Å². The Labute approximate surface area is 517 Å². The number of aliphatic hydroxyl groups excluding tert-OH is 10. The molecule has 0 bridgehead atoms. The first-order valence-corrected chi connectivity index (χ1v) is 19.5. The predicted octanol–water partition coefficient (Wildman–Crippen LogP) is 14.3. The number of halogens is 6. The second-order valence-electron chi connectivity index (χ2n) is 14.4. The van der Waals surface area contributed by atoms with Gasteiger partial charge in [0.25, 0.3) is 0 Å². The molecule has 20 nitrogen and oxygen atoms in total. The van der Waals surface area contributed by atoms with Crippen LogP contribution in [0.5, 0.6) is 0 Å². The van der Waals surface area contributed by atoms with Crippen LogP contribution in [0.2, 0.25) is 0 Å². The molecule has 4 aromatic rings. The molecular formula is C45H82F6N10O10Pt5. The van der Waals surface area contributed by atoms with E-state index in [-0.39, 0.29) is 179 Å². The van der Waals surface area contributed by atoms with Gasteiger partial charge >= 0.3 is 118 Å². The van der Waals surface area contributed by atoms with Crippen molar-refractivity contribution in [3.05, 3.63) is 205 Å². The molecule has 464 valence electrons. The average Bonchev–Trinajstić information content (AvgIpc) is 3.18. The Kier molecular flexibility index (Phi) is 101. The minimum absolute atomic E-state index is 0. The summed E-state index contributed by atoms with van der Waals surface area (Å²) in [5, 5.41) is 90.5. The molecule has 0 aromatic heterocycles. The van der Waals surface area contributed by atoms with Gasteiger partial charge in [-0.1, -0.05) is 121 Å². The summed E-state index contributed by atoms with van der Waals surface area (Å²) >= 11 is 0. The van der Waals surface area contributed by atoms with Gasteiger partial charge in [-0.15, -0.1) is 0 Å². The van der Waals surface area contributed by atoms with Gasteiger partial charge in [0.15, 0.2) is 12.2 Å². The topological polar surface area (TPSA) is 537 Å². The summed E-state index contributed by atoms with van der Waals surface area (Å²) in [6.07, 6.45) is -19.9. The summed E-state index contributed by atoms with van der Waals surface area (Å²) in [5.74, 6) is 0. The summed E-state index contributed by atoms with van der Waals surface area (Å²) in [7, 11) is 0. The van der Waals surface area contributed by atoms with E-state index in [4.69, 9.17) is 30.6 Å². The van der Waals surface area contributed by atoms with Gasteiger partial charge in [-0.3, -0.25) is 0 Å². The summed E-state index contributed by atoms with van der Waals surface area (Å²) in [4.78, 5) is 0. The number of hydrogen-bond donors (Lipinski definition) is 10. The molecule has 0 heterocycles. The molecule has 76 heavy (non-hydrogen) atoms. The minimum Gasteiger partial charge on any atom is -0.693 e. The van der Waals surface area contributed by atoms with E-state index in [1.807, 2.05) is 91.0 Å². The van der Waals surface area contributed by atoms with Gasteiger partial charge in [0.2, 0.25) is 0 Å². The number of benzene rings is 4. The van der Waals surface area contributed by atoms with E-state index < -0.39 is 74.0 Å². The van der Waals surface area contributed by atoms with Crippen LogP contribution in [-0.2, 0) is 105 Å². The average molecular weight is 2010 g/mol. The summed E-state index contributed by atoms with van der Waals surface area (Å²) in [6.45, 7) is 6.18. The second-order valence-corrected chi connectivity index (χ2v) is 14.4. The monoisotopic (exact) mass is 2010 g/mol. The molecule has 0 fully saturated rings. The van der Waals surface area contributed by atoms with Crippen LogP contribution in [0.1, 0.15) is 106 Å². The molecule has 4 aromatic carbocycles. The number of alkyl halides is 6. The predicted molar refractivity (Wildman–Crippen MR) is 272 cm³/mol. The largest absolute Gasteiger partial charge is 2.00 e. The van der Waals surface area contributed by atoms with Crippen LogP contribution < -0.4 is 0 Å². The molecule has 0 aliphatic rings. The van der Waals surface area contributed by atoms with Crippen molar-refractivity contribution in [2.24, 2.45) is 0 Å². The van der Waals surface area contributed by atoms with Gasteiger partial charge in [-0.05, 0) is 56.4 Å². The third-order valence-electron chi connectivity index (χ3n) is 8.20. The molecule has 0 radical (unpaired) electrons. The number of rotatable bonds is 14. The quantitative estimate of drug-likeness (QED) is 0.0532. The summed E-state index contributed by atoms with van der Waals surface area (Å²) in [5.41, 5.74) is 2.89. The maximum absolute atomic E-state index is 12.0. The first-order valence-electron chi connectivity index (χ1n) is 19.5. The van der Waals surface area contributed by atoms with E-state index in [1.54, 1.807) is 39.0 Å². The Morgan fingerprint density at radius 1 is 0.276 bits per heavy atom. The van der Waals surface area contributed by atoms with Crippen LogP contribution in [0, 0.1) is 0 Å². The molecule has 0 saturated heterocycles. The van der Waals surface area contributed by atoms with Gasteiger partial charge in [0.05, 0.1) is 48.8 Å². The van der Waals surface area contributed by atoms with Crippen molar-refractivity contribution in [1.29, 1.82) is 0 Å². The Morgan fingerprint density at radius 3 is 0.605 bits per heavy atom. The molecular weight excluding hydrogens is 1930 g/mol. The first kappa shape index (κ1) is 118. The van der Waals surface area contributed by atoms with Crippen molar-refractivity contribution in [3.8, 4) is 0 Å². The van der Waals surface area contributed by atoms with E-state index in [9.17, 15) is 46.8 Å². The van der Waals surface area contributed by atoms with Gasteiger partial charge < -0.3 is 113 Å². The van der Waals surface area contributed by atoms with Gasteiger partial charge in [-0.2, -0.15) is 26.3 Å². The zero-order valence-electron chi connectivity index (χ0n) is 42.0. The zero-order valence-corrected chi connectivity index (χ0v) is 53.3. The number of aliphatic hydroxyl groups is 10. The normalized spacial score (nSPS) is 13.0. The Hall–Kier alpha value is -0.898. The summed E-state index contributed by atoms with van der Waals surface area (Å²) in [6, 6.07) is 36.1. The fraction of sp³-hybridized carbons (Fsp3) is 0.467. The molecule has 30 N–H and O–H groups in total. The minimum atomic E-state index is -4.68. The standard InChI is InChI=1S/C15H16O2.C10H11F3O2.C10H14O2.C5H9F3O2.C5H12O2.10H2N.5Pt/c16-14(12-7-3-1-4-8-12)11-15(17)13-9-5-2-6-10-13;11-10(12,13)9(15)6-8(14)7-4-2-1-3-5-7;1-8(11)7-10(12)9-5-3-2-4-6-9;1-3(9)2-4(10)5(6,7)8;1-4(6)3-5(2)7;;;;;;;;;;;;;;;/h1-10,14-17H,11H2;1-5,8-9,14-15H,6H2;2-6,8,10-12H,7H2,1H3;3-4,9-10H,2H2,1H3;4-7H,3H2,1-2H3;10*1H2;;;;;/q;;;;;10*-1;5*+2. The van der Waals surface area contributed by atoms with Gasteiger partial charge in [0, 0.05) is 25.7 Å². The molecule has 10 atom stereocenters. The number of hydrogen-bond acceptors (Lipinski definition) is 10. The zero-order chi connectivity index (χ0) is 46.8. The van der Waals surface area contributed by atoms with E-state index in [2.05, 4.69) is 0 Å². The fourth-order valence-electron chi connectivity index (χ4n) is 5.08. The molecule has 4 rings (SSSR count). The van der Waals surface area contributed by atoms with Crippen LogP contribution in [0.15, 0.2) is 121 Å². The Morgan fingerprint density at radius 2 is 0.447 bits per heavy atom. The first-order chi connectivity index (χ1) is 28.3. The van der Waals surface area contributed by atoms with Gasteiger partial charge in [0.1, 0.15) is 0 Å². The maximum atomic E-state index is 12.0. The molecule has 0 aliphatic carbocycles. The van der Waals surface area contributed by atoms with Crippen LogP contribution in [-0.4, -0.2) is 100 Å². The van der Waals surface area contributed by atoms with Crippen molar-refractivity contribution in [1.82, 2.24) is 0 Å². The maximum Gasteiger partial charge on any atom is 2.00 e. The Balaban J connectivity index is -0.0000000412. The fourth-order valence-corrected chi connectivity index (χ4v) is 5.08.